The predicted octanol–water partition coefficient (Wildman–Crippen LogP) is 2.18. The van der Waals surface area contributed by atoms with Crippen LogP contribution >= 0.6 is 0 Å². The molecule has 1 rings (SSSR count). The third kappa shape index (κ3) is 7.67. The van der Waals surface area contributed by atoms with Gasteiger partial charge in [0.25, 0.3) is 0 Å². The largest absolute Gasteiger partial charge is 0.356 e. The average Bonchev–Trinajstić information content (AvgIpc) is 2.28. The lowest BCUT2D eigenvalue weighted by Gasteiger charge is -2.01. The highest BCUT2D eigenvalue weighted by Gasteiger charge is 1.93. The summed E-state index contributed by atoms with van der Waals surface area (Å²) >= 11 is 0. The molecule has 1 aromatic rings. The van der Waals surface area contributed by atoms with Crippen molar-refractivity contribution in [3.63, 3.8) is 0 Å². The summed E-state index contributed by atoms with van der Waals surface area (Å²) < 4.78 is 0. The molecule has 0 unspecified atom stereocenters. The van der Waals surface area contributed by atoms with E-state index in [0.717, 1.165) is 25.1 Å². The van der Waals surface area contributed by atoms with Crippen molar-refractivity contribution in [2.45, 2.75) is 33.6 Å². The van der Waals surface area contributed by atoms with Crippen molar-refractivity contribution >= 4 is 5.91 Å². The van der Waals surface area contributed by atoms with Gasteiger partial charge in [-0.05, 0) is 25.0 Å². The lowest BCUT2D eigenvalue weighted by atomic mass is 10.2. The quantitative estimate of drug-likeness (QED) is 0.770. The number of hydrogen-bond donors (Lipinski definition) is 1. The van der Waals surface area contributed by atoms with E-state index in [1.165, 1.54) is 6.92 Å². The smallest absolute Gasteiger partial charge is 0.216 e. The van der Waals surface area contributed by atoms with Gasteiger partial charge in [0.15, 0.2) is 0 Å². The molecule has 15 heavy (non-hydrogen) atoms. The van der Waals surface area contributed by atoms with Crippen LogP contribution in [-0.2, 0) is 11.2 Å². The van der Waals surface area contributed by atoms with E-state index in [4.69, 9.17) is 0 Å². The van der Waals surface area contributed by atoms with Gasteiger partial charge >= 0.3 is 0 Å². The Morgan fingerprint density at radius 3 is 2.67 bits per heavy atom. The number of carbonyl (C=O) groups excluding carboxylic acids is 1. The van der Waals surface area contributed by atoms with E-state index in [1.807, 2.05) is 32.0 Å². The van der Waals surface area contributed by atoms with Crippen molar-refractivity contribution in [3.05, 3.63) is 30.1 Å². The zero-order chi connectivity index (χ0) is 11.5. The first-order valence-electron chi connectivity index (χ1n) is 5.43. The van der Waals surface area contributed by atoms with Gasteiger partial charge in [-0.3, -0.25) is 9.78 Å². The predicted molar refractivity (Wildman–Crippen MR) is 62.6 cm³/mol. The van der Waals surface area contributed by atoms with E-state index in [-0.39, 0.29) is 5.91 Å². The van der Waals surface area contributed by atoms with Crippen LogP contribution in [0.25, 0.3) is 0 Å². The van der Waals surface area contributed by atoms with E-state index in [0.29, 0.717) is 0 Å². The van der Waals surface area contributed by atoms with Crippen LogP contribution in [0.5, 0.6) is 0 Å². The Labute approximate surface area is 91.9 Å². The Bertz CT molecular complexity index is 260. The lowest BCUT2D eigenvalue weighted by Crippen LogP contribution is -2.21. The van der Waals surface area contributed by atoms with Crippen LogP contribution in [0, 0.1) is 0 Å². The van der Waals surface area contributed by atoms with Crippen LogP contribution in [0.4, 0.5) is 0 Å². The maximum Gasteiger partial charge on any atom is 0.216 e. The van der Waals surface area contributed by atoms with Gasteiger partial charge in [0.05, 0.1) is 0 Å². The molecule has 0 spiro atoms. The lowest BCUT2D eigenvalue weighted by molar-refractivity contribution is -0.118. The fourth-order valence-electron chi connectivity index (χ4n) is 1.08. The minimum absolute atomic E-state index is 0.0287. The van der Waals surface area contributed by atoms with E-state index < -0.39 is 0 Å². The third-order valence-electron chi connectivity index (χ3n) is 1.71. The molecule has 0 atom stereocenters. The van der Waals surface area contributed by atoms with Crippen molar-refractivity contribution in [3.8, 4) is 0 Å². The molecule has 0 aromatic carbocycles. The molecule has 1 amide bonds. The molecular formula is C12H20N2O. The first-order valence-corrected chi connectivity index (χ1v) is 5.43. The third-order valence-corrected chi connectivity index (χ3v) is 1.71. The molecule has 0 aliphatic carbocycles. The normalized spacial score (nSPS) is 8.73. The Morgan fingerprint density at radius 1 is 1.40 bits per heavy atom. The molecule has 0 radical (unpaired) electrons. The Balaban J connectivity index is 0.000000921. The second-order valence-electron chi connectivity index (χ2n) is 2.91. The van der Waals surface area contributed by atoms with Gasteiger partial charge in [0.2, 0.25) is 5.91 Å². The van der Waals surface area contributed by atoms with Crippen molar-refractivity contribution in [2.75, 3.05) is 6.54 Å². The number of aromatic nitrogens is 1. The second kappa shape index (κ2) is 9.19. The fourth-order valence-corrected chi connectivity index (χ4v) is 1.08. The Hall–Kier alpha value is -1.38. The zero-order valence-corrected chi connectivity index (χ0v) is 9.79. The monoisotopic (exact) mass is 208 g/mol. The summed E-state index contributed by atoms with van der Waals surface area (Å²) in [5.41, 5.74) is 1.08. The van der Waals surface area contributed by atoms with Crippen LogP contribution in [0.2, 0.25) is 0 Å². The fraction of sp³-hybridized carbons (Fsp3) is 0.500. The van der Waals surface area contributed by atoms with Gasteiger partial charge in [0.1, 0.15) is 0 Å². The topological polar surface area (TPSA) is 42.0 Å². The van der Waals surface area contributed by atoms with Gasteiger partial charge in [-0.1, -0.05) is 19.9 Å². The van der Waals surface area contributed by atoms with Gasteiger partial charge in [-0.2, -0.15) is 0 Å². The van der Waals surface area contributed by atoms with Crippen LogP contribution < -0.4 is 5.32 Å². The maximum absolute atomic E-state index is 10.5. The van der Waals surface area contributed by atoms with Crippen molar-refractivity contribution in [1.82, 2.24) is 10.3 Å². The van der Waals surface area contributed by atoms with Crippen LogP contribution in [0.15, 0.2) is 24.4 Å². The summed E-state index contributed by atoms with van der Waals surface area (Å²) in [5, 5.41) is 2.75. The highest BCUT2D eigenvalue weighted by Crippen LogP contribution is 1.96. The highest BCUT2D eigenvalue weighted by molar-refractivity contribution is 5.72. The highest BCUT2D eigenvalue weighted by atomic mass is 16.1. The summed E-state index contributed by atoms with van der Waals surface area (Å²) in [6, 6.07) is 5.87. The van der Waals surface area contributed by atoms with Gasteiger partial charge in [-0.15, -0.1) is 0 Å². The molecule has 0 fully saturated rings. The number of carbonyl (C=O) groups is 1. The Kier molecular flexibility index (Phi) is 8.34. The number of amides is 1. The molecule has 1 aromatic heterocycles. The first kappa shape index (κ1) is 13.6. The molecule has 0 aliphatic rings. The van der Waals surface area contributed by atoms with Gasteiger partial charge < -0.3 is 5.32 Å². The summed E-state index contributed by atoms with van der Waals surface area (Å²) in [7, 11) is 0. The summed E-state index contributed by atoms with van der Waals surface area (Å²) in [6.07, 6.45) is 3.64. The van der Waals surface area contributed by atoms with E-state index in [1.54, 1.807) is 6.20 Å². The summed E-state index contributed by atoms with van der Waals surface area (Å²) in [6.45, 7) is 6.26. The second-order valence-corrected chi connectivity index (χ2v) is 2.91. The van der Waals surface area contributed by atoms with Gasteiger partial charge in [0, 0.05) is 25.4 Å². The maximum atomic E-state index is 10.5. The van der Waals surface area contributed by atoms with Crippen LogP contribution in [0.3, 0.4) is 0 Å². The SMILES string of the molecule is CC.CC(=O)NCCCc1ccccn1. The molecule has 0 saturated carbocycles. The van der Waals surface area contributed by atoms with Gasteiger partial charge in [-0.25, -0.2) is 0 Å². The molecular weight excluding hydrogens is 188 g/mol. The summed E-state index contributed by atoms with van der Waals surface area (Å²) in [5.74, 6) is 0.0287. The number of nitrogens with one attached hydrogen (secondary N) is 1. The standard InChI is InChI=1S/C10H14N2O.C2H6/c1-9(13)11-8-4-6-10-5-2-3-7-12-10;1-2/h2-3,5,7H,4,6,8H2,1H3,(H,11,13);1-2H3. The number of aryl methyl sites for hydroxylation is 1. The summed E-state index contributed by atoms with van der Waals surface area (Å²) in [4.78, 5) is 14.7. The Morgan fingerprint density at radius 2 is 2.13 bits per heavy atom. The van der Waals surface area contributed by atoms with E-state index in [9.17, 15) is 4.79 Å². The zero-order valence-electron chi connectivity index (χ0n) is 9.79. The average molecular weight is 208 g/mol. The van der Waals surface area contributed by atoms with Crippen LogP contribution in [-0.4, -0.2) is 17.4 Å². The minimum Gasteiger partial charge on any atom is -0.356 e. The number of rotatable bonds is 4. The minimum atomic E-state index is 0.0287. The van der Waals surface area contributed by atoms with E-state index in [2.05, 4.69) is 10.3 Å². The first-order chi connectivity index (χ1) is 7.29. The molecule has 0 saturated heterocycles. The molecule has 0 bridgehead atoms. The molecule has 84 valence electrons. The molecule has 1 heterocycles. The number of nitrogens with zero attached hydrogens (tertiary/aromatic N) is 1. The van der Waals surface area contributed by atoms with Crippen molar-refractivity contribution in [2.24, 2.45) is 0 Å². The molecule has 1 N–H and O–H groups in total. The molecule has 3 heteroatoms. The van der Waals surface area contributed by atoms with Crippen molar-refractivity contribution in [1.29, 1.82) is 0 Å². The van der Waals surface area contributed by atoms with Crippen LogP contribution in [0.1, 0.15) is 32.9 Å². The molecule has 3 nitrogen and oxygen atoms in total. The van der Waals surface area contributed by atoms with Crippen molar-refractivity contribution < 1.29 is 4.79 Å². The number of hydrogen-bond acceptors (Lipinski definition) is 2. The molecule has 0 aliphatic heterocycles. The number of pyridine rings is 1. The van der Waals surface area contributed by atoms with E-state index >= 15 is 0 Å².